The van der Waals surface area contributed by atoms with E-state index in [9.17, 15) is 10.1 Å². The van der Waals surface area contributed by atoms with Gasteiger partial charge in [0.15, 0.2) is 18.1 Å². The van der Waals surface area contributed by atoms with Gasteiger partial charge in [0.25, 0.3) is 0 Å². The second-order valence-corrected chi connectivity index (χ2v) is 7.54. The SMILES string of the molecule is CCOc1ccc(C2C(C#N)=C(N)Oc3cc(OC(=O)COc4ccccc4)ccc32)cc1OC. The third-order valence-electron chi connectivity index (χ3n) is 5.34. The van der Waals surface area contributed by atoms with Gasteiger partial charge in [-0.25, -0.2) is 4.79 Å². The topological polar surface area (TPSA) is 113 Å². The van der Waals surface area contributed by atoms with E-state index in [2.05, 4.69) is 6.07 Å². The first-order valence-corrected chi connectivity index (χ1v) is 10.9. The van der Waals surface area contributed by atoms with E-state index in [1.807, 2.05) is 37.3 Å². The summed E-state index contributed by atoms with van der Waals surface area (Å²) in [6.45, 7) is 2.12. The minimum absolute atomic E-state index is 0.0197. The smallest absolute Gasteiger partial charge is 0.349 e. The number of nitrogens with zero attached hydrogens (tertiary/aromatic N) is 1. The number of nitrogens with two attached hydrogens (primary N) is 1. The lowest BCUT2D eigenvalue weighted by Gasteiger charge is -2.27. The zero-order chi connectivity index (χ0) is 24.8. The third-order valence-corrected chi connectivity index (χ3v) is 5.34. The first-order valence-electron chi connectivity index (χ1n) is 10.9. The second-order valence-electron chi connectivity index (χ2n) is 7.54. The maximum absolute atomic E-state index is 12.3. The summed E-state index contributed by atoms with van der Waals surface area (Å²) in [7, 11) is 1.55. The van der Waals surface area contributed by atoms with Crippen molar-refractivity contribution in [2.45, 2.75) is 12.8 Å². The van der Waals surface area contributed by atoms with Crippen molar-refractivity contribution in [1.82, 2.24) is 0 Å². The van der Waals surface area contributed by atoms with Gasteiger partial charge in [-0.2, -0.15) is 5.26 Å². The van der Waals surface area contributed by atoms with Crippen molar-refractivity contribution in [3.8, 4) is 34.8 Å². The molecule has 0 aliphatic carbocycles. The van der Waals surface area contributed by atoms with Gasteiger partial charge in [0.2, 0.25) is 5.88 Å². The Labute approximate surface area is 203 Å². The van der Waals surface area contributed by atoms with Crippen LogP contribution in [0.4, 0.5) is 0 Å². The molecule has 35 heavy (non-hydrogen) atoms. The molecular weight excluding hydrogens is 448 g/mol. The van der Waals surface area contributed by atoms with E-state index in [1.165, 1.54) is 0 Å². The standard InChI is InChI=1S/C27H24N2O6/c1-3-32-22-12-9-17(13-24(22)31-2)26-20-11-10-19(14-23(20)35-27(29)21(26)15-28)34-25(30)16-33-18-7-5-4-6-8-18/h4-14,26H,3,16,29H2,1-2H3. The number of rotatable bonds is 8. The van der Waals surface area contributed by atoms with E-state index in [-0.39, 0.29) is 23.8 Å². The fraction of sp³-hybridized carbons (Fsp3) is 0.185. The summed E-state index contributed by atoms with van der Waals surface area (Å²) >= 11 is 0. The predicted molar refractivity (Wildman–Crippen MR) is 127 cm³/mol. The normalized spacial score (nSPS) is 14.3. The van der Waals surface area contributed by atoms with Crippen LogP contribution in [0.25, 0.3) is 0 Å². The average molecular weight is 472 g/mol. The molecule has 2 N–H and O–H groups in total. The highest BCUT2D eigenvalue weighted by atomic mass is 16.6. The van der Waals surface area contributed by atoms with Gasteiger partial charge < -0.3 is 29.4 Å². The Morgan fingerprint density at radius 2 is 1.83 bits per heavy atom. The lowest BCUT2D eigenvalue weighted by Crippen LogP contribution is -2.21. The number of esters is 1. The Hall–Kier alpha value is -4.64. The minimum atomic E-state index is -0.571. The molecule has 4 rings (SSSR count). The lowest BCUT2D eigenvalue weighted by molar-refractivity contribution is -0.136. The Balaban J connectivity index is 1.59. The van der Waals surface area contributed by atoms with E-state index >= 15 is 0 Å². The molecular formula is C27H24N2O6. The second kappa shape index (κ2) is 10.5. The Morgan fingerprint density at radius 1 is 1.03 bits per heavy atom. The molecule has 0 spiro atoms. The lowest BCUT2D eigenvalue weighted by atomic mass is 9.83. The largest absolute Gasteiger partial charge is 0.493 e. The Bertz CT molecular complexity index is 1300. The summed E-state index contributed by atoms with van der Waals surface area (Å²) < 4.78 is 27.6. The van der Waals surface area contributed by atoms with Crippen LogP contribution in [0.1, 0.15) is 24.0 Å². The van der Waals surface area contributed by atoms with E-state index < -0.39 is 11.9 Å². The zero-order valence-corrected chi connectivity index (χ0v) is 19.3. The summed E-state index contributed by atoms with van der Waals surface area (Å²) in [5, 5.41) is 9.80. The number of hydrogen-bond donors (Lipinski definition) is 1. The molecule has 0 saturated carbocycles. The predicted octanol–water partition coefficient (Wildman–Crippen LogP) is 4.30. The van der Waals surface area contributed by atoms with Crippen LogP contribution >= 0.6 is 0 Å². The van der Waals surface area contributed by atoms with Crippen molar-refractivity contribution < 1.29 is 28.5 Å². The van der Waals surface area contributed by atoms with Gasteiger partial charge in [0, 0.05) is 11.6 Å². The van der Waals surface area contributed by atoms with Gasteiger partial charge >= 0.3 is 5.97 Å². The molecule has 0 fully saturated rings. The number of nitriles is 1. The number of fused-ring (bicyclic) bond motifs is 1. The molecule has 1 heterocycles. The highest BCUT2D eigenvalue weighted by Gasteiger charge is 2.31. The van der Waals surface area contributed by atoms with E-state index in [0.717, 1.165) is 5.56 Å². The minimum Gasteiger partial charge on any atom is -0.493 e. The molecule has 8 heteroatoms. The van der Waals surface area contributed by atoms with Crippen LogP contribution in [0, 0.1) is 11.3 Å². The van der Waals surface area contributed by atoms with Crippen molar-refractivity contribution in [2.75, 3.05) is 20.3 Å². The van der Waals surface area contributed by atoms with Crippen molar-refractivity contribution >= 4 is 5.97 Å². The monoisotopic (exact) mass is 472 g/mol. The van der Waals surface area contributed by atoms with Crippen LogP contribution in [-0.2, 0) is 4.79 Å². The third kappa shape index (κ3) is 5.14. The Kier molecular flexibility index (Phi) is 7.07. The molecule has 3 aromatic rings. The van der Waals surface area contributed by atoms with Gasteiger partial charge in [0.05, 0.1) is 19.6 Å². The molecule has 1 atom stereocenters. The summed E-state index contributed by atoms with van der Waals surface area (Å²) in [4.78, 5) is 12.3. The Morgan fingerprint density at radius 3 is 2.54 bits per heavy atom. The van der Waals surface area contributed by atoms with E-state index in [1.54, 1.807) is 43.5 Å². The van der Waals surface area contributed by atoms with Gasteiger partial charge in [-0.3, -0.25) is 0 Å². The van der Waals surface area contributed by atoms with Crippen LogP contribution < -0.4 is 29.4 Å². The molecule has 1 aliphatic heterocycles. The molecule has 1 unspecified atom stereocenters. The highest BCUT2D eigenvalue weighted by molar-refractivity contribution is 5.74. The number of ether oxygens (including phenoxy) is 5. The fourth-order valence-corrected chi connectivity index (χ4v) is 3.80. The molecule has 0 aromatic heterocycles. The van der Waals surface area contributed by atoms with Crippen LogP contribution in [-0.4, -0.2) is 26.3 Å². The maximum atomic E-state index is 12.3. The number of carbonyl (C=O) groups is 1. The van der Waals surface area contributed by atoms with Gasteiger partial charge in [-0.1, -0.05) is 30.3 Å². The van der Waals surface area contributed by atoms with Gasteiger partial charge in [0.1, 0.15) is 28.9 Å². The van der Waals surface area contributed by atoms with Crippen molar-refractivity contribution in [1.29, 1.82) is 5.26 Å². The van der Waals surface area contributed by atoms with Crippen molar-refractivity contribution in [3.05, 3.63) is 89.3 Å². The quantitative estimate of drug-likeness (QED) is 0.381. The summed E-state index contributed by atoms with van der Waals surface area (Å²) in [6.07, 6.45) is 0. The highest BCUT2D eigenvalue weighted by Crippen LogP contribution is 2.45. The number of methoxy groups -OCH3 is 1. The van der Waals surface area contributed by atoms with Crippen LogP contribution in [0.2, 0.25) is 0 Å². The molecule has 0 radical (unpaired) electrons. The van der Waals surface area contributed by atoms with Crippen LogP contribution in [0.15, 0.2) is 78.2 Å². The maximum Gasteiger partial charge on any atom is 0.349 e. The van der Waals surface area contributed by atoms with Crippen LogP contribution in [0.3, 0.4) is 0 Å². The first-order chi connectivity index (χ1) is 17.0. The molecule has 0 amide bonds. The number of carbonyl (C=O) groups excluding carboxylic acids is 1. The molecule has 0 bridgehead atoms. The van der Waals surface area contributed by atoms with Gasteiger partial charge in [-0.05, 0) is 42.8 Å². The molecule has 0 saturated heterocycles. The zero-order valence-electron chi connectivity index (χ0n) is 19.3. The molecule has 8 nitrogen and oxygen atoms in total. The molecule has 1 aliphatic rings. The summed E-state index contributed by atoms with van der Waals surface area (Å²) in [5.74, 6) is 1.26. The number of para-hydroxylation sites is 1. The van der Waals surface area contributed by atoms with E-state index in [4.69, 9.17) is 29.4 Å². The van der Waals surface area contributed by atoms with Crippen molar-refractivity contribution in [2.24, 2.45) is 5.73 Å². The summed E-state index contributed by atoms with van der Waals surface area (Å²) in [6, 6.07) is 21.5. The van der Waals surface area contributed by atoms with Crippen molar-refractivity contribution in [3.63, 3.8) is 0 Å². The number of allylic oxidation sites excluding steroid dienone is 1. The fourth-order valence-electron chi connectivity index (χ4n) is 3.80. The average Bonchev–Trinajstić information content (AvgIpc) is 2.87. The molecule has 3 aromatic carbocycles. The van der Waals surface area contributed by atoms with Crippen LogP contribution in [0.5, 0.6) is 28.7 Å². The molecule has 178 valence electrons. The number of hydrogen-bond acceptors (Lipinski definition) is 8. The van der Waals surface area contributed by atoms with E-state index in [0.29, 0.717) is 35.2 Å². The van der Waals surface area contributed by atoms with Gasteiger partial charge in [-0.15, -0.1) is 0 Å². The first kappa shape index (κ1) is 23.5. The number of benzene rings is 3. The summed E-state index contributed by atoms with van der Waals surface area (Å²) in [5.41, 5.74) is 7.83.